The Morgan fingerprint density at radius 2 is 2.41 bits per heavy atom. The number of hydrogen-bond donors (Lipinski definition) is 1. The lowest BCUT2D eigenvalue weighted by Crippen LogP contribution is -2.42. The number of amides is 1. The van der Waals surface area contributed by atoms with Crippen molar-refractivity contribution in [2.24, 2.45) is 0 Å². The van der Waals surface area contributed by atoms with Gasteiger partial charge in [0.15, 0.2) is 5.82 Å². The van der Waals surface area contributed by atoms with Crippen molar-refractivity contribution in [3.63, 3.8) is 0 Å². The third-order valence-electron chi connectivity index (χ3n) is 3.33. The largest absolute Gasteiger partial charge is 0.368 e. The van der Waals surface area contributed by atoms with E-state index in [0.717, 1.165) is 17.2 Å². The predicted molar refractivity (Wildman–Crippen MR) is 81.9 cm³/mol. The van der Waals surface area contributed by atoms with Crippen LogP contribution in [-0.4, -0.2) is 47.2 Å². The van der Waals surface area contributed by atoms with Crippen molar-refractivity contribution in [1.82, 2.24) is 15.0 Å². The highest BCUT2D eigenvalue weighted by Gasteiger charge is 2.25. The van der Waals surface area contributed by atoms with Crippen molar-refractivity contribution < 1.29 is 14.1 Å². The van der Waals surface area contributed by atoms with Gasteiger partial charge in [0, 0.05) is 30.2 Å². The van der Waals surface area contributed by atoms with Gasteiger partial charge in [-0.3, -0.25) is 9.69 Å². The molecule has 2 aromatic rings. The maximum atomic E-state index is 12.0. The summed E-state index contributed by atoms with van der Waals surface area (Å²) in [6.07, 6.45) is -0.0606. The van der Waals surface area contributed by atoms with Gasteiger partial charge in [-0.1, -0.05) is 5.16 Å². The molecule has 0 aromatic carbocycles. The first-order valence-corrected chi connectivity index (χ1v) is 7.97. The lowest BCUT2D eigenvalue weighted by atomic mass is 10.2. The Labute approximate surface area is 132 Å². The number of ether oxygens (including phenoxy) is 1. The summed E-state index contributed by atoms with van der Waals surface area (Å²) in [5.74, 6) is 1.01. The molecule has 0 bridgehead atoms. The Morgan fingerprint density at radius 3 is 3.09 bits per heavy atom. The van der Waals surface area contributed by atoms with Crippen LogP contribution in [0.1, 0.15) is 22.6 Å². The molecule has 0 unspecified atom stereocenters. The summed E-state index contributed by atoms with van der Waals surface area (Å²) in [4.78, 5) is 18.6. The fourth-order valence-corrected chi connectivity index (χ4v) is 3.16. The number of aromatic nitrogens is 2. The number of carbonyl (C=O) groups excluding carboxylic acids is 1. The van der Waals surface area contributed by atoms with Crippen LogP contribution in [0.25, 0.3) is 0 Å². The summed E-state index contributed by atoms with van der Waals surface area (Å²) >= 11 is 1.60. The molecule has 1 N–H and O–H groups in total. The van der Waals surface area contributed by atoms with Crippen molar-refractivity contribution in [3.05, 3.63) is 27.9 Å². The van der Waals surface area contributed by atoms with Crippen LogP contribution in [0, 0.1) is 13.8 Å². The van der Waals surface area contributed by atoms with E-state index >= 15 is 0 Å². The molecule has 3 heterocycles. The molecule has 0 spiro atoms. The Kier molecular flexibility index (Phi) is 4.51. The van der Waals surface area contributed by atoms with Gasteiger partial charge in [0.2, 0.25) is 5.91 Å². The van der Waals surface area contributed by atoms with E-state index in [4.69, 9.17) is 9.26 Å². The van der Waals surface area contributed by atoms with Crippen LogP contribution in [0.5, 0.6) is 0 Å². The average molecular weight is 322 g/mol. The van der Waals surface area contributed by atoms with Gasteiger partial charge in [-0.15, -0.1) is 11.3 Å². The predicted octanol–water partition coefficient (Wildman–Crippen LogP) is 1.76. The Morgan fingerprint density at radius 1 is 1.55 bits per heavy atom. The van der Waals surface area contributed by atoms with Gasteiger partial charge in [0.05, 0.1) is 13.2 Å². The zero-order chi connectivity index (χ0) is 15.5. The van der Waals surface area contributed by atoms with Crippen molar-refractivity contribution >= 4 is 23.1 Å². The molecule has 1 fully saturated rings. The molecule has 22 heavy (non-hydrogen) atoms. The minimum absolute atomic E-state index is 0.0606. The molecule has 7 nitrogen and oxygen atoms in total. The van der Waals surface area contributed by atoms with Crippen molar-refractivity contribution in [2.75, 3.05) is 31.6 Å². The van der Waals surface area contributed by atoms with Crippen molar-refractivity contribution in [1.29, 1.82) is 0 Å². The molecule has 1 amide bonds. The Bertz CT molecular complexity index is 654. The van der Waals surface area contributed by atoms with Crippen LogP contribution in [0.3, 0.4) is 0 Å². The minimum atomic E-state index is -0.107. The summed E-state index contributed by atoms with van der Waals surface area (Å²) < 4.78 is 10.7. The van der Waals surface area contributed by atoms with Crippen LogP contribution in [0.2, 0.25) is 0 Å². The maximum Gasteiger partial charge on any atom is 0.239 e. The fraction of sp³-hybridized carbons (Fsp3) is 0.500. The summed E-state index contributed by atoms with van der Waals surface area (Å²) in [6.45, 7) is 6.04. The van der Waals surface area contributed by atoms with E-state index < -0.39 is 0 Å². The van der Waals surface area contributed by atoms with Crippen LogP contribution in [0.15, 0.2) is 16.0 Å². The molecular weight excluding hydrogens is 304 g/mol. The summed E-state index contributed by atoms with van der Waals surface area (Å²) in [7, 11) is 0. The number of carbonyl (C=O) groups is 1. The summed E-state index contributed by atoms with van der Waals surface area (Å²) in [6, 6.07) is 1.69. The van der Waals surface area contributed by atoms with Gasteiger partial charge in [-0.2, -0.15) is 0 Å². The quantitative estimate of drug-likeness (QED) is 0.924. The van der Waals surface area contributed by atoms with E-state index in [2.05, 4.69) is 20.4 Å². The number of nitrogens with one attached hydrogen (secondary N) is 1. The Hall–Kier alpha value is -1.77. The van der Waals surface area contributed by atoms with E-state index in [1.807, 2.05) is 12.3 Å². The smallest absolute Gasteiger partial charge is 0.239 e. The third kappa shape index (κ3) is 3.70. The summed E-state index contributed by atoms with van der Waals surface area (Å²) in [5, 5.41) is 9.46. The first-order valence-electron chi connectivity index (χ1n) is 7.09. The van der Waals surface area contributed by atoms with E-state index in [9.17, 15) is 4.79 Å². The highest BCUT2D eigenvalue weighted by Crippen LogP contribution is 2.25. The van der Waals surface area contributed by atoms with Crippen molar-refractivity contribution in [3.8, 4) is 0 Å². The van der Waals surface area contributed by atoms with E-state index in [-0.39, 0.29) is 12.0 Å². The van der Waals surface area contributed by atoms with Crippen LogP contribution < -0.4 is 5.32 Å². The van der Waals surface area contributed by atoms with E-state index in [1.165, 1.54) is 0 Å². The SMILES string of the molecule is Cc1csc([C@H]2CN(CC(=O)Nc3cc(C)on3)CCO2)n1. The number of hydrogen-bond acceptors (Lipinski definition) is 7. The molecule has 2 aromatic heterocycles. The second-order valence-corrected chi connectivity index (χ2v) is 6.18. The molecule has 0 aliphatic carbocycles. The highest BCUT2D eigenvalue weighted by molar-refractivity contribution is 7.09. The molecular formula is C14H18N4O3S. The van der Waals surface area contributed by atoms with Crippen LogP contribution in [0.4, 0.5) is 5.82 Å². The normalized spacial score (nSPS) is 19.3. The number of aryl methyl sites for hydroxylation is 2. The molecule has 8 heteroatoms. The summed E-state index contributed by atoms with van der Waals surface area (Å²) in [5.41, 5.74) is 1.000. The Balaban J connectivity index is 1.54. The number of nitrogens with zero attached hydrogens (tertiary/aromatic N) is 3. The average Bonchev–Trinajstić information content (AvgIpc) is 3.08. The molecule has 1 saturated heterocycles. The van der Waals surface area contributed by atoms with Crippen molar-refractivity contribution in [2.45, 2.75) is 20.0 Å². The maximum absolute atomic E-state index is 12.0. The molecule has 118 valence electrons. The number of rotatable bonds is 4. The highest BCUT2D eigenvalue weighted by atomic mass is 32.1. The zero-order valence-corrected chi connectivity index (χ0v) is 13.4. The van der Waals surface area contributed by atoms with Crippen LogP contribution >= 0.6 is 11.3 Å². The lowest BCUT2D eigenvalue weighted by molar-refractivity contribution is -0.119. The van der Waals surface area contributed by atoms with Gasteiger partial charge in [-0.05, 0) is 13.8 Å². The second kappa shape index (κ2) is 6.55. The first kappa shape index (κ1) is 15.1. The van der Waals surface area contributed by atoms with Crippen LogP contribution in [-0.2, 0) is 9.53 Å². The second-order valence-electron chi connectivity index (χ2n) is 5.29. The topological polar surface area (TPSA) is 80.5 Å². The lowest BCUT2D eigenvalue weighted by Gasteiger charge is -2.31. The number of anilines is 1. The standard InChI is InChI=1S/C14H18N4O3S/c1-9-8-22-14(15-9)11-6-18(3-4-20-11)7-13(19)16-12-5-10(2)21-17-12/h5,8,11H,3-4,6-7H2,1-2H3,(H,16,17,19)/t11-/m1/s1. The molecule has 1 atom stereocenters. The first-order chi connectivity index (χ1) is 10.6. The zero-order valence-electron chi connectivity index (χ0n) is 12.5. The number of thiazole rings is 1. The monoisotopic (exact) mass is 322 g/mol. The van der Waals surface area contributed by atoms with Gasteiger partial charge in [0.25, 0.3) is 0 Å². The van der Waals surface area contributed by atoms with Gasteiger partial charge in [0.1, 0.15) is 16.9 Å². The van der Waals surface area contributed by atoms with E-state index in [0.29, 0.717) is 31.3 Å². The van der Waals surface area contributed by atoms with Gasteiger partial charge in [-0.25, -0.2) is 4.98 Å². The van der Waals surface area contributed by atoms with E-state index in [1.54, 1.807) is 24.3 Å². The van der Waals surface area contributed by atoms with Gasteiger partial charge < -0.3 is 14.6 Å². The minimum Gasteiger partial charge on any atom is -0.368 e. The molecule has 0 radical (unpaired) electrons. The number of morpholine rings is 1. The molecule has 3 rings (SSSR count). The fourth-order valence-electron chi connectivity index (χ4n) is 2.33. The molecule has 1 aliphatic rings. The third-order valence-corrected chi connectivity index (χ3v) is 4.38. The molecule has 1 aliphatic heterocycles. The molecule has 0 saturated carbocycles. The van der Waals surface area contributed by atoms with Gasteiger partial charge >= 0.3 is 0 Å².